The normalized spacial score (nSPS) is 10.0. The van der Waals surface area contributed by atoms with Crippen molar-refractivity contribution in [3.8, 4) is 23.0 Å². The van der Waals surface area contributed by atoms with Crippen LogP contribution in [0, 0.1) is 0 Å². The number of methoxy groups -OCH3 is 2. The summed E-state index contributed by atoms with van der Waals surface area (Å²) in [6, 6.07) is 14.7. The van der Waals surface area contributed by atoms with E-state index in [-0.39, 0.29) is 0 Å². The Hall–Kier alpha value is -4.07. The molecule has 0 fully saturated rings. The van der Waals surface area contributed by atoms with E-state index in [0.717, 1.165) is 0 Å². The van der Waals surface area contributed by atoms with E-state index in [1.807, 2.05) is 0 Å². The quantitative estimate of drug-likeness (QED) is 0.625. The van der Waals surface area contributed by atoms with Crippen molar-refractivity contribution in [1.82, 2.24) is 15.8 Å². The van der Waals surface area contributed by atoms with Crippen molar-refractivity contribution in [3.63, 3.8) is 0 Å². The molecule has 2 amide bonds. The van der Waals surface area contributed by atoms with E-state index in [1.54, 1.807) is 60.9 Å². The summed E-state index contributed by atoms with van der Waals surface area (Å²) in [6.45, 7) is 0. The average Bonchev–Trinajstić information content (AvgIpc) is 2.78. The van der Waals surface area contributed by atoms with Gasteiger partial charge in [-0.3, -0.25) is 25.4 Å². The minimum atomic E-state index is -0.490. The van der Waals surface area contributed by atoms with E-state index < -0.39 is 11.8 Å². The summed E-state index contributed by atoms with van der Waals surface area (Å²) in [6.07, 6.45) is 3.24. The molecule has 8 heteroatoms. The molecule has 0 aliphatic carbocycles. The van der Waals surface area contributed by atoms with Gasteiger partial charge in [-0.2, -0.15) is 0 Å². The van der Waals surface area contributed by atoms with E-state index in [9.17, 15) is 9.59 Å². The Labute approximate surface area is 167 Å². The van der Waals surface area contributed by atoms with Gasteiger partial charge in [0.05, 0.1) is 20.4 Å². The molecule has 2 aromatic carbocycles. The van der Waals surface area contributed by atoms with Gasteiger partial charge in [0, 0.05) is 17.3 Å². The topological polar surface area (TPSA) is 98.8 Å². The maximum absolute atomic E-state index is 12.3. The van der Waals surface area contributed by atoms with Gasteiger partial charge in [0.1, 0.15) is 11.5 Å². The van der Waals surface area contributed by atoms with Gasteiger partial charge in [0.15, 0.2) is 11.5 Å². The van der Waals surface area contributed by atoms with E-state index in [1.165, 1.54) is 20.3 Å². The highest BCUT2D eigenvalue weighted by Crippen LogP contribution is 2.27. The fourth-order valence-corrected chi connectivity index (χ4v) is 2.45. The fourth-order valence-electron chi connectivity index (χ4n) is 2.45. The van der Waals surface area contributed by atoms with Crippen molar-refractivity contribution in [2.24, 2.45) is 0 Å². The van der Waals surface area contributed by atoms with Crippen molar-refractivity contribution in [3.05, 3.63) is 78.1 Å². The molecule has 0 spiro atoms. The minimum absolute atomic E-state index is 0.308. The number of benzene rings is 2. The number of rotatable bonds is 6. The van der Waals surface area contributed by atoms with Gasteiger partial charge in [0.25, 0.3) is 11.8 Å². The fraction of sp³-hybridized carbons (Fsp3) is 0.0952. The van der Waals surface area contributed by atoms with E-state index in [4.69, 9.17) is 14.2 Å². The molecule has 3 rings (SSSR count). The Kier molecular flexibility index (Phi) is 6.26. The molecule has 0 radical (unpaired) electrons. The molecule has 0 saturated heterocycles. The molecular formula is C21H19N3O5. The zero-order chi connectivity index (χ0) is 20.6. The number of hydrazine groups is 1. The van der Waals surface area contributed by atoms with E-state index >= 15 is 0 Å². The predicted molar refractivity (Wildman–Crippen MR) is 105 cm³/mol. The Morgan fingerprint density at radius 3 is 2.07 bits per heavy atom. The third kappa shape index (κ3) is 5.01. The molecule has 0 saturated carbocycles. The molecule has 1 heterocycles. The number of aromatic nitrogens is 1. The van der Waals surface area contributed by atoms with Crippen molar-refractivity contribution < 1.29 is 23.8 Å². The van der Waals surface area contributed by atoms with Crippen LogP contribution in [-0.4, -0.2) is 31.0 Å². The summed E-state index contributed by atoms with van der Waals surface area (Å²) in [5.41, 5.74) is 5.40. The number of nitrogens with zero attached hydrogens (tertiary/aromatic N) is 1. The zero-order valence-corrected chi connectivity index (χ0v) is 15.8. The van der Waals surface area contributed by atoms with Gasteiger partial charge in [-0.05, 0) is 54.6 Å². The standard InChI is InChI=1S/C21H19N3O5/c1-27-18-10-7-15(12-19(18)28-2)21(26)24-23-20(25)14-5-8-16(9-6-14)29-17-4-3-11-22-13-17/h3-13H,1-2H3,(H,23,25)(H,24,26). The lowest BCUT2D eigenvalue weighted by Crippen LogP contribution is -2.41. The highest BCUT2D eigenvalue weighted by Gasteiger charge is 2.12. The summed E-state index contributed by atoms with van der Waals surface area (Å²) >= 11 is 0. The first-order chi connectivity index (χ1) is 14.1. The van der Waals surface area contributed by atoms with Gasteiger partial charge in [-0.15, -0.1) is 0 Å². The number of ether oxygens (including phenoxy) is 3. The second-order valence-electron chi connectivity index (χ2n) is 5.79. The molecule has 0 bridgehead atoms. The van der Waals surface area contributed by atoms with Crippen molar-refractivity contribution in [2.45, 2.75) is 0 Å². The zero-order valence-electron chi connectivity index (χ0n) is 15.8. The Morgan fingerprint density at radius 2 is 1.45 bits per heavy atom. The second kappa shape index (κ2) is 9.23. The summed E-state index contributed by atoms with van der Waals surface area (Å²) in [5.74, 6) is 1.11. The molecular weight excluding hydrogens is 374 g/mol. The van der Waals surface area contributed by atoms with Gasteiger partial charge in [-0.25, -0.2) is 0 Å². The first kappa shape index (κ1) is 19.7. The molecule has 0 aliphatic rings. The Balaban J connectivity index is 1.58. The largest absolute Gasteiger partial charge is 0.493 e. The smallest absolute Gasteiger partial charge is 0.269 e. The van der Waals surface area contributed by atoms with Crippen LogP contribution in [0.4, 0.5) is 0 Å². The highest BCUT2D eigenvalue weighted by molar-refractivity contribution is 5.99. The van der Waals surface area contributed by atoms with Crippen LogP contribution in [-0.2, 0) is 0 Å². The number of nitrogens with one attached hydrogen (secondary N) is 2. The number of hydrogen-bond acceptors (Lipinski definition) is 6. The van der Waals surface area contributed by atoms with Crippen LogP contribution in [0.3, 0.4) is 0 Å². The lowest BCUT2D eigenvalue weighted by atomic mass is 10.2. The first-order valence-corrected chi connectivity index (χ1v) is 8.61. The molecule has 2 N–H and O–H groups in total. The number of carbonyl (C=O) groups is 2. The van der Waals surface area contributed by atoms with Crippen molar-refractivity contribution in [1.29, 1.82) is 0 Å². The summed E-state index contributed by atoms with van der Waals surface area (Å²) in [5, 5.41) is 0. The lowest BCUT2D eigenvalue weighted by molar-refractivity contribution is 0.0846. The molecule has 8 nitrogen and oxygen atoms in total. The van der Waals surface area contributed by atoms with Gasteiger partial charge in [-0.1, -0.05) is 0 Å². The average molecular weight is 393 g/mol. The number of amides is 2. The molecule has 3 aromatic rings. The summed E-state index contributed by atoms with van der Waals surface area (Å²) in [4.78, 5) is 28.5. The van der Waals surface area contributed by atoms with E-state index in [0.29, 0.717) is 34.1 Å². The summed E-state index contributed by atoms with van der Waals surface area (Å²) in [7, 11) is 2.98. The predicted octanol–water partition coefficient (Wildman–Crippen LogP) is 2.97. The van der Waals surface area contributed by atoms with Crippen molar-refractivity contribution in [2.75, 3.05) is 14.2 Å². The second-order valence-corrected chi connectivity index (χ2v) is 5.79. The molecule has 29 heavy (non-hydrogen) atoms. The van der Waals surface area contributed by atoms with Crippen LogP contribution in [0.25, 0.3) is 0 Å². The maximum Gasteiger partial charge on any atom is 0.269 e. The van der Waals surface area contributed by atoms with Gasteiger partial charge in [0.2, 0.25) is 0 Å². The maximum atomic E-state index is 12.3. The van der Waals surface area contributed by atoms with Crippen LogP contribution < -0.4 is 25.1 Å². The molecule has 1 aromatic heterocycles. The summed E-state index contributed by atoms with van der Waals surface area (Å²) < 4.78 is 15.9. The number of hydrogen-bond donors (Lipinski definition) is 2. The lowest BCUT2D eigenvalue weighted by Gasteiger charge is -2.11. The molecule has 148 valence electrons. The molecule has 0 unspecified atom stereocenters. The Bertz CT molecular complexity index is 991. The first-order valence-electron chi connectivity index (χ1n) is 8.61. The van der Waals surface area contributed by atoms with Crippen LogP contribution in [0.5, 0.6) is 23.0 Å². The van der Waals surface area contributed by atoms with Crippen LogP contribution >= 0.6 is 0 Å². The Morgan fingerprint density at radius 1 is 0.793 bits per heavy atom. The number of carbonyl (C=O) groups excluding carboxylic acids is 2. The third-order valence-corrected chi connectivity index (χ3v) is 3.92. The van der Waals surface area contributed by atoms with Crippen molar-refractivity contribution >= 4 is 11.8 Å². The molecule has 0 atom stereocenters. The highest BCUT2D eigenvalue weighted by atomic mass is 16.5. The van der Waals surface area contributed by atoms with Crippen LogP contribution in [0.2, 0.25) is 0 Å². The monoisotopic (exact) mass is 393 g/mol. The van der Waals surface area contributed by atoms with E-state index in [2.05, 4.69) is 15.8 Å². The van der Waals surface area contributed by atoms with Gasteiger partial charge >= 0.3 is 0 Å². The van der Waals surface area contributed by atoms with Crippen LogP contribution in [0.1, 0.15) is 20.7 Å². The minimum Gasteiger partial charge on any atom is -0.493 e. The SMILES string of the molecule is COc1ccc(C(=O)NNC(=O)c2ccc(Oc3cccnc3)cc2)cc1OC. The molecule has 0 aliphatic heterocycles. The third-order valence-electron chi connectivity index (χ3n) is 3.92. The van der Waals surface area contributed by atoms with Gasteiger partial charge < -0.3 is 14.2 Å². The van der Waals surface area contributed by atoms with Crippen LogP contribution in [0.15, 0.2) is 67.0 Å². The number of pyridine rings is 1.